The number of benzene rings is 1. The van der Waals surface area contributed by atoms with Crippen molar-refractivity contribution in [2.75, 3.05) is 7.11 Å². The molecule has 0 aliphatic heterocycles. The predicted octanol–water partition coefficient (Wildman–Crippen LogP) is 2.16. The Morgan fingerprint density at radius 1 is 1.24 bits per heavy atom. The molecular weight excluding hydrogens is 270 g/mol. The van der Waals surface area contributed by atoms with Crippen LogP contribution < -0.4 is 10.3 Å². The Kier molecular flexibility index (Phi) is 4.23. The van der Waals surface area contributed by atoms with Crippen molar-refractivity contribution < 1.29 is 14.6 Å². The monoisotopic (exact) mass is 285 g/mol. The highest BCUT2D eigenvalue weighted by molar-refractivity contribution is 5.85. The fourth-order valence-corrected chi connectivity index (χ4v) is 2.07. The molecule has 0 atom stereocenters. The van der Waals surface area contributed by atoms with E-state index in [9.17, 15) is 9.59 Å². The van der Waals surface area contributed by atoms with Gasteiger partial charge in [0.1, 0.15) is 5.75 Å². The number of aliphatic carboxylic acids is 1. The number of carboxylic acid groups (broad SMARTS) is 1. The van der Waals surface area contributed by atoms with E-state index in [2.05, 4.69) is 0 Å². The van der Waals surface area contributed by atoms with Gasteiger partial charge in [0, 0.05) is 24.3 Å². The molecule has 1 aromatic carbocycles. The second kappa shape index (κ2) is 6.09. The predicted molar refractivity (Wildman–Crippen MR) is 80.3 cm³/mol. The summed E-state index contributed by atoms with van der Waals surface area (Å²) >= 11 is 0. The third-order valence-electron chi connectivity index (χ3n) is 3.12. The molecule has 1 heterocycles. The first-order valence-corrected chi connectivity index (χ1v) is 6.29. The maximum Gasteiger partial charge on any atom is 0.328 e. The number of hydrogen-bond acceptors (Lipinski definition) is 3. The average molecular weight is 285 g/mol. The van der Waals surface area contributed by atoms with Crippen LogP contribution in [0.4, 0.5) is 0 Å². The molecule has 5 heteroatoms. The molecule has 0 amide bonds. The molecule has 0 aliphatic rings. The van der Waals surface area contributed by atoms with Gasteiger partial charge in [-0.1, -0.05) is 12.1 Å². The number of nitrogens with zero attached hydrogens (tertiary/aromatic N) is 1. The van der Waals surface area contributed by atoms with E-state index in [0.29, 0.717) is 17.0 Å². The van der Waals surface area contributed by atoms with Crippen LogP contribution in [-0.2, 0) is 11.8 Å². The number of hydrogen-bond donors (Lipinski definition) is 1. The Morgan fingerprint density at radius 3 is 2.62 bits per heavy atom. The Balaban J connectivity index is 2.56. The van der Waals surface area contributed by atoms with Gasteiger partial charge in [0.15, 0.2) is 0 Å². The lowest BCUT2D eigenvalue weighted by atomic mass is 10.1. The lowest BCUT2D eigenvalue weighted by Crippen LogP contribution is -2.20. The van der Waals surface area contributed by atoms with E-state index < -0.39 is 5.97 Å². The number of pyridine rings is 1. The Labute approximate surface area is 121 Å². The molecule has 1 N–H and O–H groups in total. The number of aromatic nitrogens is 1. The summed E-state index contributed by atoms with van der Waals surface area (Å²) in [5.41, 5.74) is 1.55. The minimum absolute atomic E-state index is 0.268. The maximum atomic E-state index is 12.3. The summed E-state index contributed by atoms with van der Waals surface area (Å²) in [6.45, 7) is 0. The fraction of sp³-hybridized carbons (Fsp3) is 0.125. The summed E-state index contributed by atoms with van der Waals surface area (Å²) in [5, 5.41) is 8.62. The van der Waals surface area contributed by atoms with E-state index in [0.717, 1.165) is 11.6 Å². The third kappa shape index (κ3) is 3.02. The molecular formula is C16H15NO4. The van der Waals surface area contributed by atoms with Crippen LogP contribution in [0.15, 0.2) is 47.3 Å². The first-order chi connectivity index (χ1) is 10.0. The topological polar surface area (TPSA) is 68.5 Å². The standard InChI is InChI=1S/C16H15NO4/c1-17-13(12-5-3-4-6-14(12)21-2)9-7-11(16(17)20)8-10-15(18)19/h3-10H,1-2H3,(H,18,19)/b10-8+. The van der Waals surface area contributed by atoms with Crippen molar-refractivity contribution in [3.63, 3.8) is 0 Å². The lowest BCUT2D eigenvalue weighted by Gasteiger charge is -2.12. The van der Waals surface area contributed by atoms with Crippen LogP contribution in [0.2, 0.25) is 0 Å². The molecule has 2 aromatic rings. The molecule has 0 saturated carbocycles. The SMILES string of the molecule is COc1ccccc1-c1ccc(/C=C/C(=O)O)c(=O)n1C. The van der Waals surface area contributed by atoms with Crippen molar-refractivity contribution in [2.45, 2.75) is 0 Å². The number of carboxylic acids is 1. The van der Waals surface area contributed by atoms with Gasteiger partial charge in [-0.05, 0) is 30.3 Å². The van der Waals surface area contributed by atoms with Crippen molar-refractivity contribution in [3.05, 3.63) is 58.4 Å². The minimum atomic E-state index is -1.09. The zero-order valence-electron chi connectivity index (χ0n) is 11.7. The highest BCUT2D eigenvalue weighted by Crippen LogP contribution is 2.28. The van der Waals surface area contributed by atoms with E-state index >= 15 is 0 Å². The minimum Gasteiger partial charge on any atom is -0.496 e. The van der Waals surface area contributed by atoms with Gasteiger partial charge in [0.05, 0.1) is 12.8 Å². The molecule has 0 unspecified atom stereocenters. The largest absolute Gasteiger partial charge is 0.496 e. The zero-order valence-corrected chi connectivity index (χ0v) is 11.7. The van der Waals surface area contributed by atoms with Crippen molar-refractivity contribution in [1.29, 1.82) is 0 Å². The van der Waals surface area contributed by atoms with E-state index in [1.54, 1.807) is 26.3 Å². The molecule has 0 radical (unpaired) electrons. The van der Waals surface area contributed by atoms with Crippen molar-refractivity contribution in [2.24, 2.45) is 7.05 Å². The average Bonchev–Trinajstić information content (AvgIpc) is 2.48. The number of ether oxygens (including phenoxy) is 1. The number of para-hydroxylation sites is 1. The van der Waals surface area contributed by atoms with Gasteiger partial charge in [0.25, 0.3) is 5.56 Å². The van der Waals surface area contributed by atoms with Gasteiger partial charge in [-0.2, -0.15) is 0 Å². The van der Waals surface area contributed by atoms with Gasteiger partial charge < -0.3 is 14.4 Å². The van der Waals surface area contributed by atoms with E-state index in [1.807, 2.05) is 24.3 Å². The molecule has 0 fully saturated rings. The van der Waals surface area contributed by atoms with E-state index in [1.165, 1.54) is 10.6 Å². The highest BCUT2D eigenvalue weighted by atomic mass is 16.5. The molecule has 21 heavy (non-hydrogen) atoms. The molecule has 1 aromatic heterocycles. The third-order valence-corrected chi connectivity index (χ3v) is 3.12. The second-order valence-corrected chi connectivity index (χ2v) is 4.41. The molecule has 108 valence electrons. The van der Waals surface area contributed by atoms with Gasteiger partial charge in [0.2, 0.25) is 0 Å². The normalized spacial score (nSPS) is 10.8. The summed E-state index contributed by atoms with van der Waals surface area (Å²) in [5.74, 6) is -0.424. The Hall–Kier alpha value is -2.82. The summed E-state index contributed by atoms with van der Waals surface area (Å²) in [6.07, 6.45) is 2.23. The van der Waals surface area contributed by atoms with Crippen LogP contribution in [0.25, 0.3) is 17.3 Å². The molecule has 0 bridgehead atoms. The van der Waals surface area contributed by atoms with Crippen molar-refractivity contribution >= 4 is 12.0 Å². The summed E-state index contributed by atoms with van der Waals surface area (Å²) in [4.78, 5) is 22.8. The van der Waals surface area contributed by atoms with Crippen LogP contribution in [0.1, 0.15) is 5.56 Å². The smallest absolute Gasteiger partial charge is 0.328 e. The fourth-order valence-electron chi connectivity index (χ4n) is 2.07. The summed E-state index contributed by atoms with van der Waals surface area (Å²) < 4.78 is 6.77. The number of carbonyl (C=O) groups is 1. The molecule has 0 aliphatic carbocycles. The summed E-state index contributed by atoms with van der Waals surface area (Å²) in [7, 11) is 3.21. The Bertz CT molecular complexity index is 759. The quantitative estimate of drug-likeness (QED) is 0.874. The van der Waals surface area contributed by atoms with Crippen LogP contribution in [0.3, 0.4) is 0 Å². The van der Waals surface area contributed by atoms with E-state index in [-0.39, 0.29) is 5.56 Å². The second-order valence-electron chi connectivity index (χ2n) is 4.41. The Morgan fingerprint density at radius 2 is 1.95 bits per heavy atom. The lowest BCUT2D eigenvalue weighted by molar-refractivity contribution is -0.131. The molecule has 5 nitrogen and oxygen atoms in total. The van der Waals surface area contributed by atoms with Gasteiger partial charge >= 0.3 is 5.97 Å². The molecule has 0 spiro atoms. The number of rotatable bonds is 4. The zero-order chi connectivity index (χ0) is 15.4. The first-order valence-electron chi connectivity index (χ1n) is 6.29. The van der Waals surface area contributed by atoms with Crippen molar-refractivity contribution in [1.82, 2.24) is 4.57 Å². The summed E-state index contributed by atoms with van der Waals surface area (Å²) in [6, 6.07) is 10.8. The molecule has 0 saturated heterocycles. The maximum absolute atomic E-state index is 12.3. The van der Waals surface area contributed by atoms with Gasteiger partial charge in [-0.25, -0.2) is 4.79 Å². The van der Waals surface area contributed by atoms with Gasteiger partial charge in [-0.3, -0.25) is 4.79 Å². The van der Waals surface area contributed by atoms with Crippen molar-refractivity contribution in [3.8, 4) is 17.0 Å². The first kappa shape index (κ1) is 14.6. The van der Waals surface area contributed by atoms with Crippen LogP contribution in [0, 0.1) is 0 Å². The van der Waals surface area contributed by atoms with E-state index in [4.69, 9.17) is 9.84 Å². The van der Waals surface area contributed by atoms with Crippen LogP contribution in [-0.4, -0.2) is 22.8 Å². The van der Waals surface area contributed by atoms with Crippen LogP contribution in [0.5, 0.6) is 5.75 Å². The number of methoxy groups -OCH3 is 1. The van der Waals surface area contributed by atoms with Gasteiger partial charge in [-0.15, -0.1) is 0 Å². The molecule has 2 rings (SSSR count). The van der Waals surface area contributed by atoms with Crippen LogP contribution >= 0.6 is 0 Å². The highest BCUT2D eigenvalue weighted by Gasteiger charge is 2.10.